The van der Waals surface area contributed by atoms with E-state index in [1.807, 2.05) is 123 Å². The maximum Gasteiger partial charge on any atom is 0.267 e. The number of hydrogen-bond donors (Lipinski definition) is 4. The van der Waals surface area contributed by atoms with Crippen LogP contribution >= 0.6 is 0 Å². The van der Waals surface area contributed by atoms with Gasteiger partial charge in [-0.15, -0.1) is 5.10 Å². The Morgan fingerprint density at radius 1 is 0.660 bits per heavy atom. The van der Waals surface area contributed by atoms with Crippen LogP contribution in [0.1, 0.15) is 39.9 Å². The van der Waals surface area contributed by atoms with Gasteiger partial charge in [-0.2, -0.15) is 10.2 Å². The first-order valence-corrected chi connectivity index (χ1v) is 15.0. The molecule has 5 heterocycles. The van der Waals surface area contributed by atoms with Gasteiger partial charge in [-0.25, -0.2) is 14.0 Å². The minimum atomic E-state index is -0.0718. The van der Waals surface area contributed by atoms with Crippen molar-refractivity contribution in [2.24, 2.45) is 0 Å². The Balaban J connectivity index is 0.000000153. The first-order valence-electron chi connectivity index (χ1n) is 15.0. The molecule has 0 aliphatic carbocycles. The highest BCUT2D eigenvalue weighted by Crippen LogP contribution is 2.16. The van der Waals surface area contributed by atoms with E-state index < -0.39 is 0 Å². The first kappa shape index (κ1) is 32.3. The normalized spacial score (nSPS) is 10.6. The molecule has 0 aliphatic rings. The van der Waals surface area contributed by atoms with Crippen LogP contribution in [0.25, 0.3) is 11.4 Å². The van der Waals surface area contributed by atoms with E-state index in [-0.39, 0.29) is 11.1 Å². The molecule has 7 aromatic rings. The average Bonchev–Trinajstić information content (AvgIpc) is 3.88. The third-order valence-electron chi connectivity index (χ3n) is 6.83. The lowest BCUT2D eigenvalue weighted by atomic mass is 10.3. The van der Waals surface area contributed by atoms with Gasteiger partial charge in [0.25, 0.3) is 11.1 Å². The lowest BCUT2D eigenvalue weighted by Crippen LogP contribution is -2.18. The predicted octanol–water partition coefficient (Wildman–Crippen LogP) is 4.83. The summed E-state index contributed by atoms with van der Waals surface area (Å²) in [6.07, 6.45) is 0. The van der Waals surface area contributed by atoms with Gasteiger partial charge in [0.05, 0.1) is 40.7 Å². The Morgan fingerprint density at radius 2 is 1.26 bits per heavy atom. The Morgan fingerprint density at radius 3 is 1.72 bits per heavy atom. The average molecular weight is 635 g/mol. The standard InChI is InChI=1S/2C15H16N4O.C4H6N2O/c1-11-9-15(17-16-11)20-10-14-8-12(2)18-19(14)13-6-4-3-5-7-13;1-11-8-14(10-18-15(20)9-12(2)16-18)19(17-11)13-6-4-3-5-7-13;1-3-2-4(7)6-5-3/h3-9H,10H2,1-2H3,(H,16,17);3-9,16H,10H2,1-2H3;2H,1H3,(H2,5,6,7). The van der Waals surface area contributed by atoms with Crippen molar-refractivity contribution in [2.75, 3.05) is 0 Å². The van der Waals surface area contributed by atoms with E-state index in [0.29, 0.717) is 19.0 Å². The molecule has 0 saturated heterocycles. The van der Waals surface area contributed by atoms with E-state index in [0.717, 1.165) is 51.2 Å². The van der Waals surface area contributed by atoms with Crippen molar-refractivity contribution < 1.29 is 4.74 Å². The van der Waals surface area contributed by atoms with Gasteiger partial charge in [0.15, 0.2) is 0 Å². The summed E-state index contributed by atoms with van der Waals surface area (Å²) in [4.78, 5) is 22.0. The van der Waals surface area contributed by atoms with E-state index in [9.17, 15) is 9.59 Å². The number of rotatable bonds is 7. The molecule has 47 heavy (non-hydrogen) atoms. The number of aromatic amines is 4. The van der Waals surface area contributed by atoms with Crippen molar-refractivity contribution in [3.63, 3.8) is 0 Å². The number of H-pyrrole nitrogens is 4. The molecule has 242 valence electrons. The van der Waals surface area contributed by atoms with Crippen LogP contribution in [0.4, 0.5) is 0 Å². The van der Waals surface area contributed by atoms with Crippen molar-refractivity contribution in [2.45, 2.75) is 47.8 Å². The van der Waals surface area contributed by atoms with Crippen LogP contribution in [0.3, 0.4) is 0 Å². The third kappa shape index (κ3) is 8.75. The van der Waals surface area contributed by atoms with Crippen LogP contribution in [0, 0.1) is 34.6 Å². The second-order valence-electron chi connectivity index (χ2n) is 11.0. The number of aryl methyl sites for hydroxylation is 5. The fraction of sp³-hybridized carbons (Fsp3) is 0.206. The third-order valence-corrected chi connectivity index (χ3v) is 6.83. The SMILES string of the molecule is Cc1cc(=O)[nH][nH]1.Cc1cc(COc2cc(C)[nH]n2)n(-c2ccccc2)n1.Cc1cc(Cn2[nH]c(C)cc2=O)n(-c2ccccc2)n1. The van der Waals surface area contributed by atoms with Crippen molar-refractivity contribution in [1.82, 2.24) is 49.7 Å². The zero-order valence-corrected chi connectivity index (χ0v) is 27.0. The van der Waals surface area contributed by atoms with E-state index >= 15 is 0 Å². The number of ether oxygens (including phenoxy) is 1. The molecule has 0 spiro atoms. The van der Waals surface area contributed by atoms with Crippen molar-refractivity contribution in [1.29, 1.82) is 0 Å². The number of hydrogen-bond acceptors (Lipinski definition) is 6. The maximum absolute atomic E-state index is 11.8. The second-order valence-corrected chi connectivity index (χ2v) is 11.0. The Kier molecular flexibility index (Phi) is 10.2. The van der Waals surface area contributed by atoms with Crippen LogP contribution < -0.4 is 15.9 Å². The van der Waals surface area contributed by atoms with E-state index in [4.69, 9.17) is 4.74 Å². The first-order chi connectivity index (χ1) is 22.6. The van der Waals surface area contributed by atoms with Crippen LogP contribution in [0.15, 0.2) is 101 Å². The lowest BCUT2D eigenvalue weighted by molar-refractivity contribution is 0.285. The summed E-state index contributed by atoms with van der Waals surface area (Å²) < 4.78 is 11.0. The summed E-state index contributed by atoms with van der Waals surface area (Å²) >= 11 is 0. The zero-order valence-electron chi connectivity index (χ0n) is 27.0. The quantitative estimate of drug-likeness (QED) is 0.197. The highest BCUT2D eigenvalue weighted by Gasteiger charge is 2.11. The molecule has 0 aliphatic heterocycles. The Bertz CT molecular complexity index is 2120. The summed E-state index contributed by atoms with van der Waals surface area (Å²) in [6, 6.07) is 28.9. The molecule has 0 atom stereocenters. The number of nitrogens with zero attached hydrogens (tertiary/aromatic N) is 6. The molecule has 0 bridgehead atoms. The molecule has 13 heteroatoms. The van der Waals surface area contributed by atoms with Gasteiger partial charge in [0.2, 0.25) is 5.88 Å². The number of para-hydroxylation sites is 2. The van der Waals surface area contributed by atoms with Gasteiger partial charge < -0.3 is 9.84 Å². The lowest BCUT2D eigenvalue weighted by Gasteiger charge is -2.07. The Hall–Kier alpha value is -6.11. The second kappa shape index (κ2) is 14.8. The molecule has 7 rings (SSSR count). The molecule has 13 nitrogen and oxygen atoms in total. The molecule has 0 unspecified atom stereocenters. The largest absolute Gasteiger partial charge is 0.470 e. The minimum absolute atomic E-state index is 0.0269. The fourth-order valence-corrected chi connectivity index (χ4v) is 4.79. The minimum Gasteiger partial charge on any atom is -0.470 e. The molecule has 0 saturated carbocycles. The van der Waals surface area contributed by atoms with Crippen LogP contribution in [-0.4, -0.2) is 49.7 Å². The number of nitrogens with one attached hydrogen (secondary N) is 4. The summed E-state index contributed by atoms with van der Waals surface area (Å²) in [5.74, 6) is 0.598. The summed E-state index contributed by atoms with van der Waals surface area (Å²) in [5.41, 5.74) is 8.48. The van der Waals surface area contributed by atoms with Crippen molar-refractivity contribution in [3.05, 3.63) is 152 Å². The molecular weight excluding hydrogens is 596 g/mol. The summed E-state index contributed by atoms with van der Waals surface area (Å²) in [6.45, 7) is 10.5. The van der Waals surface area contributed by atoms with Crippen LogP contribution in [0.2, 0.25) is 0 Å². The van der Waals surface area contributed by atoms with Gasteiger partial charge in [0.1, 0.15) is 6.61 Å². The van der Waals surface area contributed by atoms with Crippen molar-refractivity contribution >= 4 is 0 Å². The topological polar surface area (TPSA) is 160 Å². The molecule has 0 amide bonds. The van der Waals surface area contributed by atoms with Gasteiger partial charge in [-0.1, -0.05) is 36.4 Å². The molecule has 4 N–H and O–H groups in total. The van der Waals surface area contributed by atoms with Gasteiger partial charge in [-0.3, -0.25) is 24.9 Å². The fourth-order valence-electron chi connectivity index (χ4n) is 4.79. The molecule has 0 fully saturated rings. The smallest absolute Gasteiger partial charge is 0.267 e. The van der Waals surface area contributed by atoms with E-state index in [2.05, 4.69) is 35.7 Å². The van der Waals surface area contributed by atoms with Gasteiger partial charge in [-0.05, 0) is 71.0 Å². The van der Waals surface area contributed by atoms with Crippen molar-refractivity contribution in [3.8, 4) is 17.3 Å². The highest BCUT2D eigenvalue weighted by molar-refractivity contribution is 5.34. The predicted molar refractivity (Wildman–Crippen MR) is 179 cm³/mol. The molecular formula is C34H38N10O3. The van der Waals surface area contributed by atoms with E-state index in [1.165, 1.54) is 6.07 Å². The summed E-state index contributed by atoms with van der Waals surface area (Å²) in [5, 5.41) is 24.0. The van der Waals surface area contributed by atoms with Gasteiger partial charge in [0, 0.05) is 35.3 Å². The molecule has 2 aromatic carbocycles. The summed E-state index contributed by atoms with van der Waals surface area (Å²) in [7, 11) is 0. The van der Waals surface area contributed by atoms with Crippen LogP contribution in [-0.2, 0) is 13.2 Å². The number of aromatic nitrogens is 10. The molecule has 0 radical (unpaired) electrons. The van der Waals surface area contributed by atoms with E-state index in [1.54, 1.807) is 10.7 Å². The highest BCUT2D eigenvalue weighted by atomic mass is 16.5. The van der Waals surface area contributed by atoms with Crippen LogP contribution in [0.5, 0.6) is 5.88 Å². The zero-order chi connectivity index (χ0) is 33.3. The monoisotopic (exact) mass is 634 g/mol. The maximum atomic E-state index is 11.8. The molecule has 5 aromatic heterocycles. The van der Waals surface area contributed by atoms with Gasteiger partial charge >= 0.3 is 0 Å². The number of benzene rings is 2. The Labute approximate surface area is 270 Å².